The van der Waals surface area contributed by atoms with Gasteiger partial charge in [-0.15, -0.1) is 46.2 Å². The van der Waals surface area contributed by atoms with E-state index in [0.717, 1.165) is 37.8 Å². The zero-order chi connectivity index (χ0) is 51.9. The second kappa shape index (κ2) is 22.7. The quantitative estimate of drug-likeness (QED) is 0.0167. The highest BCUT2D eigenvalue weighted by Crippen LogP contribution is 2.46. The van der Waals surface area contributed by atoms with Gasteiger partial charge in [0.25, 0.3) is 23.6 Å². The Hall–Kier alpha value is -7.19. The Kier molecular flexibility index (Phi) is 17.0. The van der Waals surface area contributed by atoms with E-state index in [-0.39, 0.29) is 93.0 Å². The van der Waals surface area contributed by atoms with Crippen LogP contribution in [0.15, 0.2) is 85.8 Å². The van der Waals surface area contributed by atoms with Gasteiger partial charge in [0, 0.05) is 52.2 Å². The fourth-order valence-electron chi connectivity index (χ4n) is 7.19. The Bertz CT molecular complexity index is 2770. The molecule has 71 heavy (non-hydrogen) atoms. The number of amides is 4. The van der Waals surface area contributed by atoms with Crippen LogP contribution in [0.1, 0.15) is 25.2 Å². The van der Waals surface area contributed by atoms with Gasteiger partial charge in [-0.25, -0.2) is 24.5 Å². The summed E-state index contributed by atoms with van der Waals surface area (Å²) in [4.78, 5) is 114. The van der Waals surface area contributed by atoms with E-state index in [4.69, 9.17) is 49.6 Å². The Morgan fingerprint density at radius 2 is 1.52 bits per heavy atom. The number of nitrogens with two attached hydrogens (primary N) is 4. The summed E-state index contributed by atoms with van der Waals surface area (Å²) in [7, 11) is 0. The zero-order valence-corrected chi connectivity index (χ0v) is 41.4. The molecule has 2 aromatic heterocycles. The van der Waals surface area contributed by atoms with Crippen LogP contribution in [-0.2, 0) is 48.0 Å². The lowest BCUT2D eigenvalue weighted by Gasteiger charge is -2.55. The number of aliphatic imine (C=N–C) groups is 1. The molecule has 5 aliphatic rings. The summed E-state index contributed by atoms with van der Waals surface area (Å²) in [5.41, 5.74) is 21.6. The first-order valence-electron chi connectivity index (χ1n) is 20.5. The summed E-state index contributed by atoms with van der Waals surface area (Å²) in [5.74, 6) is -5.42. The molecule has 7 heterocycles. The number of thiocarbonyl (C=S) groups is 1. The van der Waals surface area contributed by atoms with Crippen molar-refractivity contribution in [2.45, 2.75) is 42.3 Å². The summed E-state index contributed by atoms with van der Waals surface area (Å²) in [6.07, 6.45) is 3.79. The number of oxime groups is 2. The summed E-state index contributed by atoms with van der Waals surface area (Å²) in [5, 5.41) is 35.6. The van der Waals surface area contributed by atoms with Gasteiger partial charge in [0.15, 0.2) is 27.2 Å². The Balaban J connectivity index is 0.000000237. The number of carbonyl (C=O) groups excluding carboxylic acids is 5. The highest BCUT2D eigenvalue weighted by atomic mass is 32.2. The van der Waals surface area contributed by atoms with E-state index in [1.807, 2.05) is 6.92 Å². The molecule has 7 rings (SSSR count). The molecule has 4 amide bonds. The maximum atomic E-state index is 13.6. The number of thiazole rings is 2. The number of nitrogen functional groups attached to an aromatic ring is 2. The van der Waals surface area contributed by atoms with Crippen LogP contribution in [0.2, 0.25) is 0 Å². The van der Waals surface area contributed by atoms with Crippen LogP contribution in [0.5, 0.6) is 0 Å². The lowest BCUT2D eigenvalue weighted by atomic mass is 9.87. The SMILES string of the molecule is C=CCO/N=C(\C(=O)NC1(C=S)C(=O)N2C(C(=O)O)=C(C3=NC(N)=CC(N)N3CC)CS[C@H]21)c1csc(N)n1.C=CCO/N=C(\C(=O)NC1C(=O)N2C(C(=O)O)=C(COC(C)=O)CS[C@@H]12)c1csc(N)n1. The van der Waals surface area contributed by atoms with E-state index in [1.165, 1.54) is 53.4 Å². The normalized spacial score (nSPS) is 22.7. The van der Waals surface area contributed by atoms with Gasteiger partial charge in [0.05, 0.1) is 0 Å². The number of hydrogen-bond donors (Lipinski definition) is 8. The number of likely N-dealkylation sites (N-methyl/N-ethyl adjacent to an activating group) is 1. The van der Waals surface area contributed by atoms with Crippen LogP contribution in [0.3, 0.4) is 0 Å². The molecule has 0 aromatic carbocycles. The van der Waals surface area contributed by atoms with Gasteiger partial charge in [-0.3, -0.25) is 33.8 Å². The second-order valence-electron chi connectivity index (χ2n) is 14.8. The number of carboxylic acids is 2. The molecule has 376 valence electrons. The smallest absolute Gasteiger partial charge is 0.353 e. The third-order valence-electron chi connectivity index (χ3n) is 10.3. The number of rotatable bonds is 19. The minimum Gasteiger partial charge on any atom is -0.477 e. The lowest BCUT2D eigenvalue weighted by molar-refractivity contribution is -0.153. The van der Waals surface area contributed by atoms with Crippen molar-refractivity contribution in [3.8, 4) is 0 Å². The maximum absolute atomic E-state index is 13.6. The summed E-state index contributed by atoms with van der Waals surface area (Å²) < 4.78 is 4.89. The molecule has 0 aliphatic carbocycles. The van der Waals surface area contributed by atoms with Gasteiger partial charge in [0.2, 0.25) is 0 Å². The van der Waals surface area contributed by atoms with Gasteiger partial charge in [-0.1, -0.05) is 47.8 Å². The predicted molar refractivity (Wildman–Crippen MR) is 267 cm³/mol. The molecule has 5 aliphatic heterocycles. The molecule has 0 radical (unpaired) electrons. The number of ether oxygens (including phenoxy) is 1. The molecular formula is C40H44N14O12S5. The van der Waals surface area contributed by atoms with E-state index >= 15 is 0 Å². The molecule has 31 heteroatoms. The first-order chi connectivity index (χ1) is 33.8. The summed E-state index contributed by atoms with van der Waals surface area (Å²) >= 11 is 9.82. The van der Waals surface area contributed by atoms with Crippen LogP contribution < -0.4 is 33.6 Å². The molecule has 2 aromatic rings. The minimum absolute atomic E-state index is 0.0114. The van der Waals surface area contributed by atoms with E-state index in [2.05, 4.69) is 49.1 Å². The average molecular weight is 1070 g/mol. The third-order valence-corrected chi connectivity index (χ3v) is 14.7. The highest BCUT2D eigenvalue weighted by molar-refractivity contribution is 8.00. The minimum atomic E-state index is -1.71. The van der Waals surface area contributed by atoms with E-state index in [9.17, 15) is 43.8 Å². The van der Waals surface area contributed by atoms with Gasteiger partial charge in [-0.05, 0) is 13.0 Å². The van der Waals surface area contributed by atoms with Gasteiger partial charge >= 0.3 is 17.9 Å². The highest BCUT2D eigenvalue weighted by Gasteiger charge is 2.65. The Morgan fingerprint density at radius 3 is 2.03 bits per heavy atom. The number of nitrogens with one attached hydrogen (secondary N) is 2. The molecule has 2 saturated heterocycles. The van der Waals surface area contributed by atoms with E-state index < -0.39 is 70.0 Å². The van der Waals surface area contributed by atoms with Gasteiger partial charge in [-0.2, -0.15) is 0 Å². The summed E-state index contributed by atoms with van der Waals surface area (Å²) in [6, 6.07) is -0.988. The van der Waals surface area contributed by atoms with Crippen molar-refractivity contribution in [3.63, 3.8) is 0 Å². The van der Waals surface area contributed by atoms with Crippen LogP contribution in [0, 0.1) is 0 Å². The topological polar surface area (TPSA) is 388 Å². The molecule has 2 fully saturated rings. The van der Waals surface area contributed by atoms with Crippen molar-refractivity contribution in [1.82, 2.24) is 35.3 Å². The molecule has 5 atom stereocenters. The van der Waals surface area contributed by atoms with Gasteiger partial charge in [0.1, 0.15) is 77.2 Å². The number of thioether (sulfide) groups is 2. The van der Waals surface area contributed by atoms with Crippen LogP contribution in [-0.4, -0.2) is 165 Å². The fraction of sp³-hybridized carbons (Fsp3) is 0.325. The van der Waals surface area contributed by atoms with E-state index in [0.29, 0.717) is 12.1 Å². The fourth-order valence-corrected chi connectivity index (χ4v) is 11.4. The van der Waals surface area contributed by atoms with E-state index in [1.54, 1.807) is 11.0 Å². The largest absolute Gasteiger partial charge is 0.477 e. The van der Waals surface area contributed by atoms with Crippen LogP contribution >= 0.6 is 58.4 Å². The summed E-state index contributed by atoms with van der Waals surface area (Å²) in [6.45, 7) is 10.3. The molecule has 0 saturated carbocycles. The molecule has 3 unspecified atom stereocenters. The predicted octanol–water partition coefficient (Wildman–Crippen LogP) is -0.507. The maximum Gasteiger partial charge on any atom is 0.353 e. The first-order valence-corrected chi connectivity index (χ1v) is 24.8. The number of amidine groups is 1. The zero-order valence-electron chi connectivity index (χ0n) is 37.3. The number of aliphatic carboxylic acids is 2. The number of hydrogen-bond acceptors (Lipinski definition) is 25. The van der Waals surface area contributed by atoms with Gasteiger partial charge < -0.3 is 63.1 Å². The second-order valence-corrected chi connectivity index (χ2v) is 19.0. The van der Waals surface area contributed by atoms with Crippen molar-refractivity contribution >= 4 is 133 Å². The standard InChI is InChI=1S/C22H25N9O5S3.C18H19N5O7S2/c1-3-5-36-29-14(11-8-39-21(25)26-11)17(32)28-22(9-37)19(35)31-15(18(33)34)10(7-38-20(22)31)16-27-12(23)6-13(24)30(16)4-2;1-3-4-30-22-11(10-7-32-18(19)20-10)14(25)21-12-15(26)23-13(17(27)28)9(5-29-8(2)24)6-31-16(12)23/h3,6,8-9,13,20H,1,4-5,7,23-24H2,2H3,(H2,25,26)(H,28,32)(H,33,34);3,7,12,16H,1,4-6H2,2H3,(H2,19,20)(H,21,25)(H,27,28)/b29-14-;22-11-/t13?,20-,22?;12?,16-/m00/s1. The number of esters is 1. The van der Waals surface area contributed by atoms with Crippen molar-refractivity contribution in [2.24, 2.45) is 26.8 Å². The molecule has 0 bridgehead atoms. The van der Waals surface area contributed by atoms with Crippen LogP contribution in [0.25, 0.3) is 0 Å². The Labute approximate surface area is 424 Å². The Morgan fingerprint density at radius 1 is 0.930 bits per heavy atom. The van der Waals surface area contributed by atoms with Crippen molar-refractivity contribution in [1.29, 1.82) is 0 Å². The van der Waals surface area contributed by atoms with Crippen molar-refractivity contribution < 1.29 is 58.2 Å². The number of aromatic nitrogens is 2. The molecular weight excluding hydrogens is 1030 g/mol. The number of fused-ring (bicyclic) bond motifs is 2. The van der Waals surface area contributed by atoms with Crippen molar-refractivity contribution in [3.05, 3.63) is 81.9 Å². The molecule has 26 nitrogen and oxygen atoms in total. The number of β-lactam (4-membered cyclic amide) rings is 2. The van der Waals surface area contributed by atoms with Crippen LogP contribution in [0.4, 0.5) is 10.3 Å². The lowest BCUT2D eigenvalue weighted by Crippen LogP contribution is -2.81. The number of nitrogens with zero attached hydrogens (tertiary/aromatic N) is 8. The third kappa shape index (κ3) is 10.9. The monoisotopic (exact) mass is 1070 g/mol. The number of carboxylic acid groups (broad SMARTS) is 2. The number of carbonyl (C=O) groups is 7. The molecule has 12 N–H and O–H groups in total. The molecule has 0 spiro atoms. The first kappa shape index (κ1) is 53.2. The number of anilines is 2. The average Bonchev–Trinajstić information content (AvgIpc) is 3.97. The van der Waals surface area contributed by atoms with Crippen molar-refractivity contribution in [2.75, 3.05) is 49.3 Å².